The SMILES string of the molecule is COc1cc(Cc2cc(Oc3ccc(NC(=O)Nc4cc(C(C)(C)C)cc(NS(C)=O)c4OC)c4ccccc34)ccn2)ccc1S(C)(=O)=O. The molecule has 262 valence electrons. The summed E-state index contributed by atoms with van der Waals surface area (Å²) >= 11 is 0. The number of rotatable bonds is 11. The molecule has 1 unspecified atom stereocenters. The lowest BCUT2D eigenvalue weighted by molar-refractivity contribution is 0.262. The molecule has 0 bridgehead atoms. The van der Waals surface area contributed by atoms with Crippen molar-refractivity contribution >= 4 is 54.7 Å². The number of aromatic nitrogens is 1. The molecule has 11 nitrogen and oxygen atoms in total. The normalized spacial score (nSPS) is 12.2. The van der Waals surface area contributed by atoms with Crippen LogP contribution in [0.25, 0.3) is 10.8 Å². The van der Waals surface area contributed by atoms with Crippen molar-refractivity contribution in [2.75, 3.05) is 42.1 Å². The van der Waals surface area contributed by atoms with E-state index in [0.29, 0.717) is 46.4 Å². The van der Waals surface area contributed by atoms with E-state index in [-0.39, 0.29) is 16.1 Å². The van der Waals surface area contributed by atoms with Gasteiger partial charge >= 0.3 is 6.03 Å². The number of ether oxygens (including phenoxy) is 3. The largest absolute Gasteiger partial charge is 0.495 e. The van der Waals surface area contributed by atoms with Crippen LogP contribution in [0.3, 0.4) is 0 Å². The number of methoxy groups -OCH3 is 2. The van der Waals surface area contributed by atoms with Crippen molar-refractivity contribution in [1.29, 1.82) is 0 Å². The van der Waals surface area contributed by atoms with Crippen molar-refractivity contribution in [1.82, 2.24) is 4.98 Å². The van der Waals surface area contributed by atoms with Crippen LogP contribution in [0.15, 0.2) is 90.0 Å². The number of benzene rings is 4. The number of pyridine rings is 1. The van der Waals surface area contributed by atoms with E-state index in [1.165, 1.54) is 26.5 Å². The molecule has 2 amide bonds. The fourth-order valence-corrected chi connectivity index (χ4v) is 6.72. The van der Waals surface area contributed by atoms with Crippen molar-refractivity contribution in [2.24, 2.45) is 0 Å². The minimum Gasteiger partial charge on any atom is -0.495 e. The molecule has 0 aliphatic rings. The molecule has 50 heavy (non-hydrogen) atoms. The molecule has 3 N–H and O–H groups in total. The van der Waals surface area contributed by atoms with Gasteiger partial charge in [0.2, 0.25) is 0 Å². The summed E-state index contributed by atoms with van der Waals surface area (Å²) in [6, 6.07) is 22.9. The second-order valence-corrected chi connectivity index (χ2v) is 15.8. The number of sulfone groups is 1. The third-order valence-corrected chi connectivity index (χ3v) is 9.47. The van der Waals surface area contributed by atoms with Gasteiger partial charge in [-0.15, -0.1) is 0 Å². The number of amides is 2. The molecule has 0 radical (unpaired) electrons. The molecule has 0 fully saturated rings. The Morgan fingerprint density at radius 2 is 1.54 bits per heavy atom. The second kappa shape index (κ2) is 14.8. The van der Waals surface area contributed by atoms with Gasteiger partial charge in [0.15, 0.2) is 15.6 Å². The van der Waals surface area contributed by atoms with Crippen LogP contribution < -0.4 is 29.6 Å². The first-order valence-electron chi connectivity index (χ1n) is 15.6. The molecule has 13 heteroatoms. The molecule has 0 aliphatic heterocycles. The van der Waals surface area contributed by atoms with E-state index >= 15 is 0 Å². The van der Waals surface area contributed by atoms with Crippen molar-refractivity contribution in [3.05, 3.63) is 102 Å². The number of hydrogen-bond acceptors (Lipinski definition) is 8. The Morgan fingerprint density at radius 1 is 0.840 bits per heavy atom. The number of nitrogens with zero attached hydrogens (tertiary/aromatic N) is 1. The van der Waals surface area contributed by atoms with E-state index in [1.807, 2.05) is 63.2 Å². The molecule has 5 rings (SSSR count). The molecular formula is C37H40N4O7S2. The number of carbonyl (C=O) groups is 1. The Kier molecular flexibility index (Phi) is 10.7. The maximum atomic E-state index is 13.4. The summed E-state index contributed by atoms with van der Waals surface area (Å²) in [6.07, 6.45) is 4.74. The van der Waals surface area contributed by atoms with Crippen LogP contribution in [0.1, 0.15) is 37.6 Å². The Balaban J connectivity index is 1.38. The summed E-state index contributed by atoms with van der Waals surface area (Å²) in [6.45, 7) is 6.14. The highest BCUT2D eigenvalue weighted by molar-refractivity contribution is 7.90. The molecular weight excluding hydrogens is 677 g/mol. The van der Waals surface area contributed by atoms with Crippen LogP contribution in [0.2, 0.25) is 0 Å². The Morgan fingerprint density at radius 3 is 2.20 bits per heavy atom. The number of carbonyl (C=O) groups excluding carboxylic acids is 1. The Labute approximate surface area is 294 Å². The highest BCUT2D eigenvalue weighted by Crippen LogP contribution is 2.40. The Hall–Kier alpha value is -5.14. The molecule has 1 aromatic heterocycles. The summed E-state index contributed by atoms with van der Waals surface area (Å²) in [4.78, 5) is 18.0. The van der Waals surface area contributed by atoms with Gasteiger partial charge in [-0.05, 0) is 59.0 Å². The third kappa shape index (κ3) is 8.52. The minimum absolute atomic E-state index is 0.128. The van der Waals surface area contributed by atoms with E-state index in [9.17, 15) is 17.4 Å². The molecule has 0 saturated carbocycles. The third-order valence-electron chi connectivity index (χ3n) is 7.82. The highest BCUT2D eigenvalue weighted by Gasteiger charge is 2.22. The number of nitrogens with one attached hydrogen (secondary N) is 3. The Bertz CT molecular complexity index is 2200. The van der Waals surface area contributed by atoms with Crippen LogP contribution >= 0.6 is 0 Å². The first-order valence-corrected chi connectivity index (χ1v) is 19.0. The smallest absolute Gasteiger partial charge is 0.323 e. The molecule has 0 saturated heterocycles. The topological polar surface area (TPSA) is 145 Å². The number of hydrogen-bond donors (Lipinski definition) is 3. The van der Waals surface area contributed by atoms with Gasteiger partial charge in [-0.3, -0.25) is 4.98 Å². The molecule has 0 aliphatic carbocycles. The van der Waals surface area contributed by atoms with Gasteiger partial charge in [0, 0.05) is 47.7 Å². The quantitative estimate of drug-likeness (QED) is 0.126. The fourth-order valence-electron chi connectivity index (χ4n) is 5.43. The number of urea groups is 1. The predicted molar refractivity (Wildman–Crippen MR) is 199 cm³/mol. The first kappa shape index (κ1) is 36.1. The lowest BCUT2D eigenvalue weighted by Crippen LogP contribution is -2.21. The second-order valence-electron chi connectivity index (χ2n) is 12.7. The van der Waals surface area contributed by atoms with E-state index in [1.54, 1.807) is 36.5 Å². The van der Waals surface area contributed by atoms with Gasteiger partial charge in [-0.25, -0.2) is 17.4 Å². The van der Waals surface area contributed by atoms with E-state index < -0.39 is 26.9 Å². The van der Waals surface area contributed by atoms with Crippen LogP contribution in [-0.4, -0.2) is 50.4 Å². The van der Waals surface area contributed by atoms with Crippen molar-refractivity contribution in [3.63, 3.8) is 0 Å². The lowest BCUT2D eigenvalue weighted by atomic mass is 9.86. The zero-order valence-electron chi connectivity index (χ0n) is 28.9. The zero-order chi connectivity index (χ0) is 36.2. The van der Waals surface area contributed by atoms with Gasteiger partial charge in [-0.1, -0.05) is 51.1 Å². The van der Waals surface area contributed by atoms with Crippen molar-refractivity contribution in [3.8, 4) is 23.0 Å². The number of anilines is 3. The molecule has 1 heterocycles. The van der Waals surface area contributed by atoms with Crippen molar-refractivity contribution in [2.45, 2.75) is 37.5 Å². The maximum absolute atomic E-state index is 13.4. The summed E-state index contributed by atoms with van der Waals surface area (Å²) in [7, 11) is -1.87. The van der Waals surface area contributed by atoms with Gasteiger partial charge in [0.05, 0.1) is 31.3 Å². The van der Waals surface area contributed by atoms with Crippen molar-refractivity contribution < 1.29 is 31.6 Å². The zero-order valence-corrected chi connectivity index (χ0v) is 30.5. The van der Waals surface area contributed by atoms with Crippen LogP contribution in [-0.2, 0) is 32.7 Å². The summed E-state index contributed by atoms with van der Waals surface area (Å²) in [5, 5.41) is 7.39. The summed E-state index contributed by atoms with van der Waals surface area (Å²) in [5.41, 5.74) is 3.69. The molecule has 1 atom stereocenters. The predicted octanol–water partition coefficient (Wildman–Crippen LogP) is 7.69. The van der Waals surface area contributed by atoms with E-state index in [2.05, 4.69) is 20.3 Å². The molecule has 5 aromatic rings. The van der Waals surface area contributed by atoms with E-state index in [0.717, 1.165) is 28.2 Å². The average Bonchev–Trinajstić information content (AvgIpc) is 3.04. The van der Waals surface area contributed by atoms with Gasteiger partial charge in [-0.2, -0.15) is 0 Å². The first-order chi connectivity index (χ1) is 23.7. The fraction of sp³-hybridized carbons (Fsp3) is 0.243. The summed E-state index contributed by atoms with van der Waals surface area (Å²) in [5.74, 6) is 1.77. The monoisotopic (exact) mass is 716 g/mol. The van der Waals surface area contributed by atoms with Crippen LogP contribution in [0.4, 0.5) is 21.9 Å². The maximum Gasteiger partial charge on any atom is 0.323 e. The average molecular weight is 717 g/mol. The molecule has 0 spiro atoms. The standard InChI is InChI=1S/C37H40N4O7S2/c1-37(2,3)24-20-30(35(47-5)31(21-24)41-49(6)43)40-36(42)39-29-13-14-32(28-11-9-8-10-27(28)29)48-26-16-17-38-25(22-26)18-23-12-15-34(50(7,44)45)33(19-23)46-4/h8-17,19-22,41H,18H2,1-7H3,(H2,39,40,42). The molecule has 4 aromatic carbocycles. The number of fused-ring (bicyclic) bond motifs is 1. The van der Waals surface area contributed by atoms with Crippen LogP contribution in [0.5, 0.6) is 23.0 Å². The van der Waals surface area contributed by atoms with Gasteiger partial charge in [0.25, 0.3) is 0 Å². The highest BCUT2D eigenvalue weighted by atomic mass is 32.2. The summed E-state index contributed by atoms with van der Waals surface area (Å²) < 4.78 is 56.4. The minimum atomic E-state index is -3.44. The van der Waals surface area contributed by atoms with Crippen LogP contribution in [0, 0.1) is 0 Å². The van der Waals surface area contributed by atoms with Gasteiger partial charge in [0.1, 0.15) is 33.1 Å². The lowest BCUT2D eigenvalue weighted by Gasteiger charge is -2.24. The van der Waals surface area contributed by atoms with Gasteiger partial charge < -0.3 is 29.6 Å². The van der Waals surface area contributed by atoms with E-state index in [4.69, 9.17) is 14.2 Å².